The van der Waals surface area contributed by atoms with E-state index in [2.05, 4.69) is 22.0 Å². The number of hydrogen-bond acceptors (Lipinski definition) is 6. The summed E-state index contributed by atoms with van der Waals surface area (Å²) in [5.74, 6) is -1.51. The largest absolute Gasteiger partial charge is 0.478 e. The molecule has 9 heteroatoms. The van der Waals surface area contributed by atoms with E-state index in [1.54, 1.807) is 0 Å². The van der Waals surface area contributed by atoms with Gasteiger partial charge >= 0.3 is 11.9 Å². The van der Waals surface area contributed by atoms with Gasteiger partial charge in [-0.15, -0.1) is 0 Å². The molecule has 1 saturated heterocycles. The topological polar surface area (TPSA) is 137 Å². The number of aromatic nitrogens is 1. The first-order chi connectivity index (χ1) is 13.4. The van der Waals surface area contributed by atoms with Crippen LogP contribution in [0, 0.1) is 0 Å². The number of aliphatic carboxylic acids is 2. The van der Waals surface area contributed by atoms with Crippen LogP contribution in [0.3, 0.4) is 0 Å². The Morgan fingerprint density at radius 1 is 0.964 bits per heavy atom. The summed E-state index contributed by atoms with van der Waals surface area (Å²) in [7, 11) is 0. The second kappa shape index (κ2) is 10.0. The molecule has 0 atom stereocenters. The van der Waals surface area contributed by atoms with Crippen LogP contribution in [0.4, 0.5) is 5.82 Å². The van der Waals surface area contributed by atoms with E-state index in [1.165, 1.54) is 0 Å². The van der Waals surface area contributed by atoms with Crippen molar-refractivity contribution in [2.75, 3.05) is 37.6 Å². The minimum atomic E-state index is -1.26. The summed E-state index contributed by atoms with van der Waals surface area (Å²) in [4.78, 5) is 39.4. The molecule has 1 amide bonds. The molecule has 1 aromatic heterocycles. The number of carboxylic acid groups (broad SMARTS) is 2. The van der Waals surface area contributed by atoms with E-state index >= 15 is 0 Å². The number of fused-ring (bicyclic) bond motifs is 1. The van der Waals surface area contributed by atoms with Gasteiger partial charge in [-0.05, 0) is 18.2 Å². The molecule has 0 bridgehead atoms. The van der Waals surface area contributed by atoms with Gasteiger partial charge in [-0.2, -0.15) is 0 Å². The van der Waals surface area contributed by atoms with Crippen LogP contribution in [0.5, 0.6) is 0 Å². The first-order valence-electron chi connectivity index (χ1n) is 8.63. The van der Waals surface area contributed by atoms with Crippen molar-refractivity contribution in [3.63, 3.8) is 0 Å². The van der Waals surface area contributed by atoms with Crippen molar-refractivity contribution < 1.29 is 24.6 Å². The number of carbonyl (C=O) groups excluding carboxylic acids is 1. The molecule has 1 aliphatic heterocycles. The maximum absolute atomic E-state index is 11.6. The minimum absolute atomic E-state index is 0.0242. The molecule has 4 N–H and O–H groups in total. The summed E-state index contributed by atoms with van der Waals surface area (Å²) in [5, 5.41) is 16.8. The second-order valence-corrected chi connectivity index (χ2v) is 5.94. The number of carboxylic acids is 2. The number of amides is 1. The Kier molecular flexibility index (Phi) is 7.46. The zero-order valence-corrected chi connectivity index (χ0v) is 15.2. The molecule has 0 aliphatic carbocycles. The van der Waals surface area contributed by atoms with Crippen molar-refractivity contribution >= 4 is 34.6 Å². The Hall–Kier alpha value is -3.46. The van der Waals surface area contributed by atoms with Crippen molar-refractivity contribution in [1.29, 1.82) is 0 Å². The third-order valence-electron chi connectivity index (χ3n) is 4.08. The molecule has 0 saturated carbocycles. The average molecular weight is 386 g/mol. The Morgan fingerprint density at radius 3 is 2.14 bits per heavy atom. The molecule has 9 nitrogen and oxygen atoms in total. The molecule has 148 valence electrons. The molecule has 0 spiro atoms. The van der Waals surface area contributed by atoms with Crippen molar-refractivity contribution in [3.8, 4) is 0 Å². The summed E-state index contributed by atoms with van der Waals surface area (Å²) in [6.07, 6.45) is 1.12. The van der Waals surface area contributed by atoms with Crippen LogP contribution in [-0.2, 0) is 14.4 Å². The number of rotatable bonds is 4. The van der Waals surface area contributed by atoms with Gasteiger partial charge in [0, 0.05) is 43.7 Å². The first-order valence-corrected chi connectivity index (χ1v) is 8.63. The molecule has 1 fully saturated rings. The Bertz CT molecular complexity index is 860. The molecular formula is C19H22N4O5. The molecule has 2 aromatic rings. The highest BCUT2D eigenvalue weighted by molar-refractivity contribution is 5.89. The molecule has 1 aromatic carbocycles. The second-order valence-electron chi connectivity index (χ2n) is 5.94. The number of anilines is 1. The van der Waals surface area contributed by atoms with Gasteiger partial charge in [-0.3, -0.25) is 4.79 Å². The number of carbonyl (C=O) groups is 3. The van der Waals surface area contributed by atoms with Crippen LogP contribution in [0.15, 0.2) is 48.6 Å². The van der Waals surface area contributed by atoms with Crippen LogP contribution in [0.2, 0.25) is 0 Å². The van der Waals surface area contributed by atoms with Crippen molar-refractivity contribution in [2.45, 2.75) is 0 Å². The molecule has 28 heavy (non-hydrogen) atoms. The summed E-state index contributed by atoms with van der Waals surface area (Å²) < 4.78 is 0. The van der Waals surface area contributed by atoms with E-state index < -0.39 is 11.9 Å². The van der Waals surface area contributed by atoms with E-state index in [-0.39, 0.29) is 12.5 Å². The van der Waals surface area contributed by atoms with E-state index in [4.69, 9.17) is 15.9 Å². The Labute approximate surface area is 161 Å². The summed E-state index contributed by atoms with van der Waals surface area (Å²) >= 11 is 0. The molecular weight excluding hydrogens is 364 g/mol. The van der Waals surface area contributed by atoms with Gasteiger partial charge < -0.3 is 25.7 Å². The maximum atomic E-state index is 11.6. The standard InChI is InChI=1S/C15H18N4O.C4H4O4/c16-11-15(20)19-9-7-18(8-10-19)14-6-5-12-3-1-2-4-13(12)17-14;5-3(6)1-2-4(7)8/h1-6H,7-11,16H2;1-2H,(H,5,6)(H,7,8). The molecule has 1 aliphatic rings. The van der Waals surface area contributed by atoms with Crippen molar-refractivity contribution in [2.24, 2.45) is 5.73 Å². The van der Waals surface area contributed by atoms with Crippen LogP contribution in [0.25, 0.3) is 10.9 Å². The highest BCUT2D eigenvalue weighted by Gasteiger charge is 2.20. The average Bonchev–Trinajstić information content (AvgIpc) is 2.72. The van der Waals surface area contributed by atoms with Gasteiger partial charge in [0.05, 0.1) is 12.1 Å². The Balaban J connectivity index is 0.000000300. The first kappa shape index (κ1) is 20.8. The quantitative estimate of drug-likeness (QED) is 0.648. The lowest BCUT2D eigenvalue weighted by molar-refractivity contribution is -0.134. The summed E-state index contributed by atoms with van der Waals surface area (Å²) in [6, 6.07) is 12.2. The predicted octanol–water partition coefficient (Wildman–Crippen LogP) is 0.554. The van der Waals surface area contributed by atoms with Gasteiger partial charge in [-0.25, -0.2) is 14.6 Å². The lowest BCUT2D eigenvalue weighted by Crippen LogP contribution is -2.50. The van der Waals surface area contributed by atoms with E-state index in [1.807, 2.05) is 29.2 Å². The zero-order chi connectivity index (χ0) is 20.5. The summed E-state index contributed by atoms with van der Waals surface area (Å²) in [6.45, 7) is 3.12. The predicted molar refractivity (Wildman–Crippen MR) is 104 cm³/mol. The van der Waals surface area contributed by atoms with Crippen LogP contribution < -0.4 is 10.6 Å². The van der Waals surface area contributed by atoms with E-state index in [0.717, 1.165) is 29.8 Å². The number of nitrogens with zero attached hydrogens (tertiary/aromatic N) is 3. The van der Waals surface area contributed by atoms with Crippen LogP contribution in [0.1, 0.15) is 0 Å². The number of piperazine rings is 1. The van der Waals surface area contributed by atoms with Gasteiger partial charge in [0.1, 0.15) is 5.82 Å². The fourth-order valence-electron chi connectivity index (χ4n) is 2.69. The maximum Gasteiger partial charge on any atom is 0.328 e. The molecule has 0 radical (unpaired) electrons. The number of pyridine rings is 1. The lowest BCUT2D eigenvalue weighted by atomic mass is 10.2. The van der Waals surface area contributed by atoms with Crippen LogP contribution in [-0.4, -0.2) is 70.7 Å². The number of benzene rings is 1. The van der Waals surface area contributed by atoms with Gasteiger partial charge in [0.25, 0.3) is 0 Å². The number of hydrogen-bond donors (Lipinski definition) is 3. The van der Waals surface area contributed by atoms with Crippen LogP contribution >= 0.6 is 0 Å². The monoisotopic (exact) mass is 386 g/mol. The molecule has 2 heterocycles. The zero-order valence-electron chi connectivity index (χ0n) is 15.2. The Morgan fingerprint density at radius 2 is 1.57 bits per heavy atom. The normalized spacial score (nSPS) is 13.9. The highest BCUT2D eigenvalue weighted by Crippen LogP contribution is 2.19. The van der Waals surface area contributed by atoms with Crippen molar-refractivity contribution in [3.05, 3.63) is 48.6 Å². The number of para-hydroxylation sites is 1. The SMILES string of the molecule is NCC(=O)N1CCN(c2ccc3ccccc3n2)CC1.O=C(O)C=CC(=O)O. The minimum Gasteiger partial charge on any atom is -0.478 e. The highest BCUT2D eigenvalue weighted by atomic mass is 16.4. The van der Waals surface area contributed by atoms with E-state index in [9.17, 15) is 14.4 Å². The lowest BCUT2D eigenvalue weighted by Gasteiger charge is -2.35. The van der Waals surface area contributed by atoms with Gasteiger partial charge in [0.15, 0.2) is 0 Å². The van der Waals surface area contributed by atoms with Gasteiger partial charge in [-0.1, -0.05) is 18.2 Å². The molecule has 3 rings (SSSR count). The third-order valence-corrected chi connectivity index (χ3v) is 4.08. The van der Waals surface area contributed by atoms with Gasteiger partial charge in [0.2, 0.25) is 5.91 Å². The number of nitrogens with two attached hydrogens (primary N) is 1. The smallest absolute Gasteiger partial charge is 0.328 e. The summed E-state index contributed by atoms with van der Waals surface area (Å²) in [5.41, 5.74) is 6.40. The fourth-order valence-corrected chi connectivity index (χ4v) is 2.69. The molecule has 0 unspecified atom stereocenters. The fraction of sp³-hybridized carbons (Fsp3) is 0.263. The van der Waals surface area contributed by atoms with E-state index in [0.29, 0.717) is 25.2 Å². The third kappa shape index (κ3) is 6.06. The van der Waals surface area contributed by atoms with Crippen molar-refractivity contribution in [1.82, 2.24) is 9.88 Å².